The molecule has 2 aromatic heterocycles. The minimum absolute atomic E-state index is 0.444. The van der Waals surface area contributed by atoms with Crippen molar-refractivity contribution >= 4 is 34.6 Å². The van der Waals surface area contributed by atoms with Gasteiger partial charge >= 0.3 is 5.97 Å². The summed E-state index contributed by atoms with van der Waals surface area (Å²) in [7, 11) is 1.51. The second-order valence-electron chi connectivity index (χ2n) is 8.05. The SMILES string of the molecule is COc1ccccc1NC(=O)COC(=O)/C=C/c1cn(-c2ccccc2)nc1-c1cc2ccccc2o1. The molecule has 0 atom stereocenters. The predicted molar refractivity (Wildman–Crippen MR) is 140 cm³/mol. The number of para-hydroxylation sites is 4. The number of furan rings is 1. The van der Waals surface area contributed by atoms with Gasteiger partial charge in [-0.25, -0.2) is 9.48 Å². The van der Waals surface area contributed by atoms with Crippen molar-refractivity contribution in [2.45, 2.75) is 0 Å². The van der Waals surface area contributed by atoms with Crippen LogP contribution in [0.2, 0.25) is 0 Å². The Kier molecular flexibility index (Phi) is 6.80. The predicted octanol–water partition coefficient (Wildman–Crippen LogP) is 5.49. The molecule has 5 aromatic rings. The van der Waals surface area contributed by atoms with Crippen molar-refractivity contribution in [3.63, 3.8) is 0 Å². The third kappa shape index (κ3) is 5.43. The van der Waals surface area contributed by atoms with Gasteiger partial charge in [-0.1, -0.05) is 48.5 Å². The van der Waals surface area contributed by atoms with Crippen LogP contribution in [0.3, 0.4) is 0 Å². The Bertz CT molecular complexity index is 1550. The summed E-state index contributed by atoms with van der Waals surface area (Å²) < 4.78 is 18.1. The van der Waals surface area contributed by atoms with Crippen LogP contribution in [-0.4, -0.2) is 35.4 Å². The molecule has 0 saturated heterocycles. The van der Waals surface area contributed by atoms with Gasteiger partial charge in [0.15, 0.2) is 12.4 Å². The Hall–Kier alpha value is -5.11. The van der Waals surface area contributed by atoms with Crippen molar-refractivity contribution in [3.8, 4) is 22.9 Å². The molecule has 184 valence electrons. The number of methoxy groups -OCH3 is 1. The average Bonchev–Trinajstić information content (AvgIpc) is 3.56. The van der Waals surface area contributed by atoms with Gasteiger partial charge in [-0.3, -0.25) is 4.79 Å². The van der Waals surface area contributed by atoms with Gasteiger partial charge in [-0.2, -0.15) is 5.10 Å². The van der Waals surface area contributed by atoms with Crippen LogP contribution >= 0.6 is 0 Å². The quantitative estimate of drug-likeness (QED) is 0.227. The third-order valence-corrected chi connectivity index (χ3v) is 5.55. The zero-order valence-electron chi connectivity index (χ0n) is 20.0. The number of hydrogen-bond acceptors (Lipinski definition) is 6. The number of nitrogens with one attached hydrogen (secondary N) is 1. The first-order valence-corrected chi connectivity index (χ1v) is 11.5. The number of benzene rings is 3. The zero-order valence-corrected chi connectivity index (χ0v) is 20.0. The number of fused-ring (bicyclic) bond motifs is 1. The van der Waals surface area contributed by atoms with E-state index in [1.807, 2.05) is 60.7 Å². The minimum Gasteiger partial charge on any atom is -0.495 e. The first-order valence-electron chi connectivity index (χ1n) is 11.5. The third-order valence-electron chi connectivity index (χ3n) is 5.55. The average molecular weight is 494 g/mol. The maximum Gasteiger partial charge on any atom is 0.331 e. The van der Waals surface area contributed by atoms with Gasteiger partial charge in [0.1, 0.15) is 17.0 Å². The van der Waals surface area contributed by atoms with Crippen molar-refractivity contribution in [2.75, 3.05) is 19.0 Å². The van der Waals surface area contributed by atoms with Crippen LogP contribution in [0.4, 0.5) is 5.69 Å². The number of carbonyl (C=O) groups is 2. The number of rotatable bonds is 8. The lowest BCUT2D eigenvalue weighted by atomic mass is 10.2. The van der Waals surface area contributed by atoms with Gasteiger partial charge in [-0.05, 0) is 42.5 Å². The number of ether oxygens (including phenoxy) is 2. The van der Waals surface area contributed by atoms with E-state index in [1.165, 1.54) is 13.2 Å². The first kappa shape index (κ1) is 23.6. The summed E-state index contributed by atoms with van der Waals surface area (Å²) in [5, 5.41) is 8.32. The molecular weight excluding hydrogens is 470 g/mol. The molecule has 0 fully saturated rings. The summed E-state index contributed by atoms with van der Waals surface area (Å²) >= 11 is 0. The normalized spacial score (nSPS) is 11.1. The van der Waals surface area contributed by atoms with Crippen LogP contribution in [0.5, 0.6) is 5.75 Å². The molecule has 8 heteroatoms. The number of hydrogen-bond donors (Lipinski definition) is 1. The molecule has 2 heterocycles. The summed E-state index contributed by atoms with van der Waals surface area (Å²) in [4.78, 5) is 24.6. The van der Waals surface area contributed by atoms with E-state index in [-0.39, 0.29) is 0 Å². The Morgan fingerprint density at radius 2 is 1.76 bits per heavy atom. The Labute approximate surface area is 212 Å². The van der Waals surface area contributed by atoms with Crippen LogP contribution in [0, 0.1) is 0 Å². The molecule has 0 aliphatic carbocycles. The number of aromatic nitrogens is 2. The molecule has 37 heavy (non-hydrogen) atoms. The van der Waals surface area contributed by atoms with Gasteiger partial charge in [-0.15, -0.1) is 0 Å². The highest BCUT2D eigenvalue weighted by atomic mass is 16.5. The molecule has 0 unspecified atom stereocenters. The summed E-state index contributed by atoms with van der Waals surface area (Å²) in [5.74, 6) is -0.0694. The van der Waals surface area contributed by atoms with E-state index >= 15 is 0 Å². The van der Waals surface area contributed by atoms with Crippen LogP contribution in [0.1, 0.15) is 5.56 Å². The number of esters is 1. The summed E-state index contributed by atoms with van der Waals surface area (Å²) in [6, 6.07) is 26.2. The van der Waals surface area contributed by atoms with E-state index in [0.29, 0.717) is 28.5 Å². The fraction of sp³-hybridized carbons (Fsp3) is 0.0690. The van der Waals surface area contributed by atoms with E-state index < -0.39 is 18.5 Å². The van der Waals surface area contributed by atoms with Gasteiger partial charge in [0, 0.05) is 23.2 Å². The highest BCUT2D eigenvalue weighted by Gasteiger charge is 2.16. The van der Waals surface area contributed by atoms with Crippen LogP contribution in [0.15, 0.2) is 102 Å². The van der Waals surface area contributed by atoms with Gasteiger partial charge in [0.05, 0.1) is 18.5 Å². The Morgan fingerprint density at radius 1 is 1.00 bits per heavy atom. The van der Waals surface area contributed by atoms with E-state index in [1.54, 1.807) is 41.2 Å². The van der Waals surface area contributed by atoms with Crippen molar-refractivity contribution in [2.24, 2.45) is 0 Å². The maximum absolute atomic E-state index is 12.4. The molecule has 0 saturated carbocycles. The molecule has 1 amide bonds. The summed E-state index contributed by atoms with van der Waals surface area (Å²) in [5.41, 5.74) is 3.30. The van der Waals surface area contributed by atoms with E-state index in [2.05, 4.69) is 5.32 Å². The molecule has 0 radical (unpaired) electrons. The van der Waals surface area contributed by atoms with Crippen molar-refractivity contribution < 1.29 is 23.5 Å². The number of nitrogens with zero attached hydrogens (tertiary/aromatic N) is 2. The van der Waals surface area contributed by atoms with E-state index in [4.69, 9.17) is 19.0 Å². The van der Waals surface area contributed by atoms with Gasteiger partial charge in [0.2, 0.25) is 0 Å². The molecule has 0 aliphatic rings. The second-order valence-corrected chi connectivity index (χ2v) is 8.05. The van der Waals surface area contributed by atoms with Crippen molar-refractivity contribution in [3.05, 3.63) is 103 Å². The monoisotopic (exact) mass is 493 g/mol. The molecule has 5 rings (SSSR count). The highest BCUT2D eigenvalue weighted by Crippen LogP contribution is 2.30. The fourth-order valence-corrected chi connectivity index (χ4v) is 3.79. The summed E-state index contributed by atoms with van der Waals surface area (Å²) in [6.45, 7) is -0.444. The van der Waals surface area contributed by atoms with Crippen LogP contribution in [-0.2, 0) is 14.3 Å². The zero-order chi connectivity index (χ0) is 25.6. The minimum atomic E-state index is -0.668. The smallest absolute Gasteiger partial charge is 0.331 e. The largest absolute Gasteiger partial charge is 0.495 e. The van der Waals surface area contributed by atoms with Crippen molar-refractivity contribution in [1.82, 2.24) is 9.78 Å². The van der Waals surface area contributed by atoms with Gasteiger partial charge < -0.3 is 19.2 Å². The van der Waals surface area contributed by atoms with Gasteiger partial charge in [0.25, 0.3) is 5.91 Å². The number of amides is 1. The molecule has 0 bridgehead atoms. The van der Waals surface area contributed by atoms with Crippen molar-refractivity contribution in [1.29, 1.82) is 0 Å². The van der Waals surface area contributed by atoms with E-state index in [9.17, 15) is 9.59 Å². The first-order chi connectivity index (χ1) is 18.1. The summed E-state index contributed by atoms with van der Waals surface area (Å²) in [6.07, 6.45) is 4.65. The topological polar surface area (TPSA) is 95.6 Å². The molecule has 0 aliphatic heterocycles. The van der Waals surface area contributed by atoms with Crippen LogP contribution < -0.4 is 10.1 Å². The molecule has 1 N–H and O–H groups in total. The van der Waals surface area contributed by atoms with Crippen LogP contribution in [0.25, 0.3) is 34.2 Å². The highest BCUT2D eigenvalue weighted by molar-refractivity contribution is 5.96. The molecule has 3 aromatic carbocycles. The molecule has 8 nitrogen and oxygen atoms in total. The molecular formula is C29H23N3O5. The fourth-order valence-electron chi connectivity index (χ4n) is 3.79. The maximum atomic E-state index is 12.4. The molecule has 0 spiro atoms. The Balaban J connectivity index is 1.33. The lowest BCUT2D eigenvalue weighted by Crippen LogP contribution is -2.20. The number of carbonyl (C=O) groups excluding carboxylic acids is 2. The lowest BCUT2D eigenvalue weighted by molar-refractivity contribution is -0.142. The lowest BCUT2D eigenvalue weighted by Gasteiger charge is -2.09. The Morgan fingerprint density at radius 3 is 2.57 bits per heavy atom. The van der Waals surface area contributed by atoms with E-state index in [0.717, 1.165) is 16.7 Å². The number of anilines is 1. The standard InChI is InChI=1S/C29H23N3O5/c1-35-25-14-8-6-12-23(25)30-27(33)19-36-28(34)16-15-21-18-32(22-10-3-2-4-11-22)31-29(21)26-17-20-9-5-7-13-24(20)37-26/h2-18H,19H2,1H3,(H,30,33)/b16-15+. The second kappa shape index (κ2) is 10.7.